The van der Waals surface area contributed by atoms with Crippen LogP contribution in [0.1, 0.15) is 12.5 Å². The number of aromatic nitrogens is 2. The Morgan fingerprint density at radius 1 is 1.14 bits per heavy atom. The summed E-state index contributed by atoms with van der Waals surface area (Å²) in [7, 11) is 0. The minimum Gasteiger partial charge on any atom is -0.334 e. The Hall–Kier alpha value is -2.38. The fraction of sp³-hybridized carbons (Fsp3) is 0.524. The molecule has 0 saturated carbocycles. The van der Waals surface area contributed by atoms with Crippen molar-refractivity contribution in [3.05, 3.63) is 48.2 Å². The third-order valence-electron chi connectivity index (χ3n) is 6.69. The van der Waals surface area contributed by atoms with Crippen LogP contribution >= 0.6 is 0 Å². The van der Waals surface area contributed by atoms with Gasteiger partial charge < -0.3 is 15.1 Å². The number of urea groups is 1. The predicted octanol–water partition coefficient (Wildman–Crippen LogP) is 1.59. The summed E-state index contributed by atoms with van der Waals surface area (Å²) < 4.78 is 1.80. The fourth-order valence-electron chi connectivity index (χ4n) is 5.55. The zero-order valence-corrected chi connectivity index (χ0v) is 16.3. The van der Waals surface area contributed by atoms with Gasteiger partial charge in [0.2, 0.25) is 0 Å². The second-order valence-electron chi connectivity index (χ2n) is 8.36. The molecule has 1 aromatic carbocycles. The van der Waals surface area contributed by atoms with E-state index in [9.17, 15) is 4.79 Å². The molecule has 2 amide bonds. The van der Waals surface area contributed by atoms with Gasteiger partial charge in [0.15, 0.2) is 0 Å². The maximum Gasteiger partial charge on any atom is 0.320 e. The Morgan fingerprint density at radius 3 is 2.54 bits per heavy atom. The van der Waals surface area contributed by atoms with Crippen LogP contribution in [0.5, 0.6) is 0 Å². The van der Waals surface area contributed by atoms with Crippen LogP contribution in [-0.2, 0) is 12.0 Å². The predicted molar refractivity (Wildman–Crippen MR) is 108 cm³/mol. The molecule has 3 atom stereocenters. The number of fused-ring (bicyclic) bond motifs is 1. The number of amides is 2. The lowest BCUT2D eigenvalue weighted by Gasteiger charge is -2.55. The first kappa shape index (κ1) is 17.7. The second kappa shape index (κ2) is 6.90. The molecule has 2 aromatic rings. The Balaban J connectivity index is 1.44. The molecule has 4 bridgehead atoms. The van der Waals surface area contributed by atoms with Gasteiger partial charge >= 0.3 is 6.03 Å². The lowest BCUT2D eigenvalue weighted by molar-refractivity contribution is 0.0238. The van der Waals surface area contributed by atoms with Crippen molar-refractivity contribution in [2.24, 2.45) is 5.92 Å². The highest BCUT2D eigenvalue weighted by Crippen LogP contribution is 2.43. The van der Waals surface area contributed by atoms with E-state index >= 15 is 0 Å². The van der Waals surface area contributed by atoms with E-state index in [2.05, 4.69) is 55.9 Å². The molecular formula is C21H28N6O. The highest BCUT2D eigenvalue weighted by Gasteiger charge is 2.55. The molecular weight excluding hydrogens is 352 g/mol. The highest BCUT2D eigenvalue weighted by molar-refractivity contribution is 5.88. The standard InChI is InChI=1S/C21H28N6O/c1-2-27-18(8-9-22-27)23-20(28)24-19-16-12-25-10-11-26(13-16)15-21(19,14-25)17-6-4-3-5-7-17/h3-9,16,19H,2,10-15H2,1H3,(H2,23,24,28)/t16?,19-,21?/m1/s1. The molecule has 148 valence electrons. The molecule has 0 radical (unpaired) electrons. The van der Waals surface area contributed by atoms with Gasteiger partial charge in [-0.3, -0.25) is 5.32 Å². The van der Waals surface area contributed by atoms with Crippen LogP contribution in [0.25, 0.3) is 0 Å². The molecule has 4 fully saturated rings. The maximum absolute atomic E-state index is 12.9. The quantitative estimate of drug-likeness (QED) is 0.846. The van der Waals surface area contributed by atoms with E-state index < -0.39 is 0 Å². The van der Waals surface area contributed by atoms with Crippen molar-refractivity contribution in [2.45, 2.75) is 24.9 Å². The summed E-state index contributed by atoms with van der Waals surface area (Å²) in [5.74, 6) is 1.18. The Kier molecular flexibility index (Phi) is 4.36. The zero-order chi connectivity index (χ0) is 19.1. The molecule has 6 rings (SSSR count). The van der Waals surface area contributed by atoms with Crippen LogP contribution < -0.4 is 10.6 Å². The molecule has 4 aliphatic heterocycles. The van der Waals surface area contributed by atoms with Gasteiger partial charge in [-0.15, -0.1) is 0 Å². The number of carbonyl (C=O) groups is 1. The number of benzene rings is 1. The van der Waals surface area contributed by atoms with E-state index in [4.69, 9.17) is 0 Å². The van der Waals surface area contributed by atoms with Crippen molar-refractivity contribution < 1.29 is 4.79 Å². The van der Waals surface area contributed by atoms with Crippen molar-refractivity contribution >= 4 is 11.8 Å². The molecule has 5 heterocycles. The molecule has 7 heteroatoms. The monoisotopic (exact) mass is 380 g/mol. The molecule has 4 aliphatic rings. The summed E-state index contributed by atoms with van der Waals surface area (Å²) in [6.07, 6.45) is 1.72. The van der Waals surface area contributed by atoms with Crippen molar-refractivity contribution in [3.8, 4) is 0 Å². The van der Waals surface area contributed by atoms with E-state index in [1.165, 1.54) is 5.56 Å². The minimum absolute atomic E-state index is 0.0682. The van der Waals surface area contributed by atoms with Gasteiger partial charge in [0, 0.05) is 69.3 Å². The van der Waals surface area contributed by atoms with Crippen molar-refractivity contribution in [1.29, 1.82) is 0 Å². The number of aryl methyl sites for hydroxylation is 1. The first-order valence-corrected chi connectivity index (χ1v) is 10.3. The normalized spacial score (nSPS) is 33.5. The number of nitrogens with zero attached hydrogens (tertiary/aromatic N) is 4. The maximum atomic E-state index is 12.9. The van der Waals surface area contributed by atoms with E-state index in [0.29, 0.717) is 5.92 Å². The molecule has 1 aromatic heterocycles. The van der Waals surface area contributed by atoms with Gasteiger partial charge in [0.05, 0.1) is 6.20 Å². The topological polar surface area (TPSA) is 65.4 Å². The van der Waals surface area contributed by atoms with E-state index in [0.717, 1.165) is 51.6 Å². The lowest BCUT2D eigenvalue weighted by Crippen LogP contribution is -2.71. The Morgan fingerprint density at radius 2 is 1.86 bits per heavy atom. The van der Waals surface area contributed by atoms with Crippen LogP contribution in [0.15, 0.2) is 42.6 Å². The van der Waals surface area contributed by atoms with Crippen molar-refractivity contribution in [1.82, 2.24) is 24.9 Å². The molecule has 2 N–H and O–H groups in total. The largest absolute Gasteiger partial charge is 0.334 e. The fourth-order valence-corrected chi connectivity index (χ4v) is 5.55. The number of hydrogen-bond donors (Lipinski definition) is 2. The van der Waals surface area contributed by atoms with Gasteiger partial charge in [-0.05, 0) is 12.5 Å². The van der Waals surface area contributed by atoms with Gasteiger partial charge in [0.25, 0.3) is 0 Å². The van der Waals surface area contributed by atoms with Gasteiger partial charge in [-0.2, -0.15) is 5.10 Å². The first-order chi connectivity index (χ1) is 13.7. The van der Waals surface area contributed by atoms with Crippen LogP contribution in [0.3, 0.4) is 0 Å². The minimum atomic E-state index is -0.133. The zero-order valence-electron chi connectivity index (χ0n) is 16.3. The summed E-state index contributed by atoms with van der Waals surface area (Å²) in [6.45, 7) is 9.12. The second-order valence-corrected chi connectivity index (χ2v) is 8.36. The van der Waals surface area contributed by atoms with Crippen LogP contribution in [0.2, 0.25) is 0 Å². The average Bonchev–Trinajstić information content (AvgIpc) is 3.00. The van der Waals surface area contributed by atoms with Crippen LogP contribution in [-0.4, -0.2) is 70.9 Å². The van der Waals surface area contributed by atoms with E-state index in [-0.39, 0.29) is 17.5 Å². The third-order valence-corrected chi connectivity index (χ3v) is 6.69. The van der Waals surface area contributed by atoms with E-state index in [1.807, 2.05) is 13.0 Å². The van der Waals surface area contributed by atoms with Gasteiger partial charge in [-0.1, -0.05) is 30.3 Å². The molecule has 28 heavy (non-hydrogen) atoms. The smallest absolute Gasteiger partial charge is 0.320 e. The molecule has 7 nitrogen and oxygen atoms in total. The highest BCUT2D eigenvalue weighted by atomic mass is 16.2. The number of nitrogens with one attached hydrogen (secondary N) is 2. The SMILES string of the molecule is CCn1nccc1NC(=O)N[C@@H]1C2CN3CCN(C2)CC1(c1ccccc1)C3. The number of anilines is 1. The molecule has 0 spiro atoms. The number of carbonyl (C=O) groups excluding carboxylic acids is 1. The van der Waals surface area contributed by atoms with Crippen LogP contribution in [0.4, 0.5) is 10.6 Å². The summed E-state index contributed by atoms with van der Waals surface area (Å²) in [6, 6.07) is 12.6. The first-order valence-electron chi connectivity index (χ1n) is 10.3. The van der Waals surface area contributed by atoms with Crippen molar-refractivity contribution in [2.75, 3.05) is 44.6 Å². The Bertz CT molecular complexity index is 834. The van der Waals surface area contributed by atoms with Crippen LogP contribution in [0, 0.1) is 5.92 Å². The number of hydrogen-bond acceptors (Lipinski definition) is 4. The van der Waals surface area contributed by atoms with Gasteiger partial charge in [-0.25, -0.2) is 9.48 Å². The number of piperidine rings is 2. The molecule has 0 aliphatic carbocycles. The van der Waals surface area contributed by atoms with Crippen molar-refractivity contribution in [3.63, 3.8) is 0 Å². The summed E-state index contributed by atoms with van der Waals surface area (Å²) >= 11 is 0. The van der Waals surface area contributed by atoms with E-state index in [1.54, 1.807) is 10.9 Å². The third kappa shape index (κ3) is 2.89. The van der Waals surface area contributed by atoms with Gasteiger partial charge in [0.1, 0.15) is 5.82 Å². The number of rotatable bonds is 4. The summed E-state index contributed by atoms with van der Waals surface area (Å²) in [5.41, 5.74) is 1.27. The lowest BCUT2D eigenvalue weighted by atomic mass is 9.64. The summed E-state index contributed by atoms with van der Waals surface area (Å²) in [4.78, 5) is 18.1. The molecule has 2 unspecified atom stereocenters. The Labute approximate surface area is 165 Å². The average molecular weight is 380 g/mol. The molecule has 4 saturated heterocycles. The summed E-state index contributed by atoms with van der Waals surface area (Å²) in [5, 5.41) is 10.6.